The summed E-state index contributed by atoms with van der Waals surface area (Å²) < 4.78 is 13.8. The molecule has 1 atom stereocenters. The fourth-order valence-electron chi connectivity index (χ4n) is 4.91. The smallest absolute Gasteiger partial charge is 0.278 e. The van der Waals surface area contributed by atoms with E-state index in [1.54, 1.807) is 34.0 Å². The van der Waals surface area contributed by atoms with Crippen LogP contribution in [-0.4, -0.2) is 35.3 Å². The van der Waals surface area contributed by atoms with Crippen molar-refractivity contribution in [3.63, 3.8) is 0 Å². The van der Waals surface area contributed by atoms with E-state index in [4.69, 9.17) is 21.1 Å². The first-order chi connectivity index (χ1) is 20.0. The number of fused-ring (bicyclic) bond motifs is 1. The molecule has 0 saturated carbocycles. The topological polar surface area (TPSA) is 64.0 Å². The Hall–Kier alpha value is -4.75. The van der Waals surface area contributed by atoms with Crippen molar-refractivity contribution in [2.24, 2.45) is 0 Å². The third-order valence-electron chi connectivity index (χ3n) is 6.73. The van der Waals surface area contributed by atoms with E-state index in [2.05, 4.69) is 13.2 Å². The van der Waals surface area contributed by atoms with Gasteiger partial charge in [0.05, 0.1) is 0 Å². The summed E-state index contributed by atoms with van der Waals surface area (Å²) in [5.41, 5.74) is 2.35. The lowest BCUT2D eigenvalue weighted by Gasteiger charge is -2.44. The Bertz CT molecular complexity index is 1600. The summed E-state index contributed by atoms with van der Waals surface area (Å²) in [6, 6.07) is 25.8. The molecule has 4 aromatic rings. The Kier molecular flexibility index (Phi) is 8.56. The normalized spacial score (nSPS) is 13.3. The van der Waals surface area contributed by atoms with E-state index in [-0.39, 0.29) is 42.6 Å². The molecular formula is C33H30ClN3O4. The third kappa shape index (κ3) is 5.90. The summed E-state index contributed by atoms with van der Waals surface area (Å²) in [6.45, 7) is 8.54. The molecule has 41 heavy (non-hydrogen) atoms. The molecule has 0 saturated heterocycles. The molecule has 1 unspecified atom stereocenters. The first-order valence-corrected chi connectivity index (χ1v) is 13.6. The van der Waals surface area contributed by atoms with Gasteiger partial charge in [-0.3, -0.25) is 19.3 Å². The number of aromatic nitrogens is 1. The van der Waals surface area contributed by atoms with Crippen LogP contribution in [0.25, 0.3) is 0 Å². The number of rotatable bonds is 11. The Balaban J connectivity index is 1.70. The third-order valence-corrected chi connectivity index (χ3v) is 6.96. The molecule has 0 radical (unpaired) electrons. The minimum atomic E-state index is -0.460. The van der Waals surface area contributed by atoms with Gasteiger partial charge < -0.3 is 14.4 Å². The largest absolute Gasteiger partial charge is 0.489 e. The lowest BCUT2D eigenvalue weighted by Crippen LogP contribution is -2.55. The maximum absolute atomic E-state index is 13.8. The minimum Gasteiger partial charge on any atom is -0.489 e. The van der Waals surface area contributed by atoms with Gasteiger partial charge in [-0.05, 0) is 29.3 Å². The molecule has 1 aromatic heterocycles. The fraction of sp³-hybridized carbons (Fsp3) is 0.152. The summed E-state index contributed by atoms with van der Waals surface area (Å²) >= 11 is 6.53. The molecule has 0 bridgehead atoms. The molecule has 0 aliphatic carbocycles. The van der Waals surface area contributed by atoms with Crippen molar-refractivity contribution in [1.29, 1.82) is 0 Å². The molecule has 5 rings (SSSR count). The molecule has 8 heteroatoms. The van der Waals surface area contributed by atoms with Crippen LogP contribution in [0, 0.1) is 0 Å². The lowest BCUT2D eigenvalue weighted by molar-refractivity contribution is 0.0698. The van der Waals surface area contributed by atoms with Crippen molar-refractivity contribution >= 4 is 17.5 Å². The van der Waals surface area contributed by atoms with Gasteiger partial charge in [-0.15, -0.1) is 6.58 Å². The average Bonchev–Trinajstić information content (AvgIpc) is 2.99. The van der Waals surface area contributed by atoms with E-state index in [0.717, 1.165) is 16.7 Å². The van der Waals surface area contributed by atoms with Crippen molar-refractivity contribution in [1.82, 2.24) is 9.58 Å². The van der Waals surface area contributed by atoms with Gasteiger partial charge in [0.15, 0.2) is 11.4 Å². The van der Waals surface area contributed by atoms with E-state index in [1.165, 1.54) is 6.07 Å². The van der Waals surface area contributed by atoms with Crippen LogP contribution in [-0.2, 0) is 6.61 Å². The van der Waals surface area contributed by atoms with Gasteiger partial charge in [-0.25, -0.2) is 0 Å². The standard InChI is InChI=1S/C33H30ClN3O4/c1-3-18-35-23-37(30(25-13-9-6-10-14-25)27-21-26(34)15-16-29(27)40-20-4-2)36-19-17-28(38)32(31(36)33(35)39)41-22-24-11-7-5-8-12-24/h3-17,19,21,30H,1-2,18,20,22-23H2. The Labute approximate surface area is 244 Å². The van der Waals surface area contributed by atoms with Crippen molar-refractivity contribution in [3.8, 4) is 11.5 Å². The fourth-order valence-corrected chi connectivity index (χ4v) is 5.09. The highest BCUT2D eigenvalue weighted by Gasteiger charge is 2.37. The summed E-state index contributed by atoms with van der Waals surface area (Å²) in [5.74, 6) is 0.280. The number of benzene rings is 3. The van der Waals surface area contributed by atoms with Gasteiger partial charge in [0.25, 0.3) is 5.91 Å². The van der Waals surface area contributed by atoms with Crippen LogP contribution in [0.5, 0.6) is 11.5 Å². The van der Waals surface area contributed by atoms with Crippen LogP contribution in [0.4, 0.5) is 0 Å². The van der Waals surface area contributed by atoms with Crippen molar-refractivity contribution < 1.29 is 14.3 Å². The minimum absolute atomic E-state index is 0.0128. The zero-order chi connectivity index (χ0) is 28.8. The summed E-state index contributed by atoms with van der Waals surface area (Å²) in [7, 11) is 0. The van der Waals surface area contributed by atoms with Crippen LogP contribution in [0.15, 0.2) is 121 Å². The van der Waals surface area contributed by atoms with Crippen LogP contribution < -0.4 is 19.9 Å². The van der Waals surface area contributed by atoms with Crippen LogP contribution >= 0.6 is 11.6 Å². The number of halogens is 1. The van der Waals surface area contributed by atoms with Crippen LogP contribution in [0.3, 0.4) is 0 Å². The molecule has 0 spiro atoms. The maximum atomic E-state index is 13.8. The van der Waals surface area contributed by atoms with Crippen molar-refractivity contribution in [2.75, 3.05) is 24.8 Å². The predicted octanol–water partition coefficient (Wildman–Crippen LogP) is 5.97. The van der Waals surface area contributed by atoms with E-state index in [9.17, 15) is 9.59 Å². The second kappa shape index (κ2) is 12.6. The quantitative estimate of drug-likeness (QED) is 0.209. The summed E-state index contributed by atoms with van der Waals surface area (Å²) in [6.07, 6.45) is 4.95. The second-order valence-corrected chi connectivity index (χ2v) is 9.91. The highest BCUT2D eigenvalue weighted by atomic mass is 35.5. The SMILES string of the molecule is C=CCOc1ccc(Cl)cc1C(c1ccccc1)N1CN(CC=C)C(=O)c2c(OCc3ccccc3)c(=O)ccn21. The van der Waals surface area contributed by atoms with E-state index < -0.39 is 6.04 Å². The zero-order valence-electron chi connectivity index (χ0n) is 22.5. The van der Waals surface area contributed by atoms with E-state index in [0.29, 0.717) is 17.4 Å². The molecule has 0 N–H and O–H groups in total. The Morgan fingerprint density at radius 3 is 2.34 bits per heavy atom. The van der Waals surface area contributed by atoms with E-state index >= 15 is 0 Å². The first kappa shape index (κ1) is 27.8. The van der Waals surface area contributed by atoms with Gasteiger partial charge >= 0.3 is 0 Å². The van der Waals surface area contributed by atoms with Crippen molar-refractivity contribution in [3.05, 3.63) is 154 Å². The molecular weight excluding hydrogens is 538 g/mol. The van der Waals surface area contributed by atoms with Gasteiger partial charge in [-0.2, -0.15) is 0 Å². The summed E-state index contributed by atoms with van der Waals surface area (Å²) in [4.78, 5) is 28.6. The number of hydrogen-bond donors (Lipinski definition) is 0. The van der Waals surface area contributed by atoms with Crippen LogP contribution in [0.1, 0.15) is 33.2 Å². The zero-order valence-corrected chi connectivity index (χ0v) is 23.2. The molecule has 208 valence electrons. The highest BCUT2D eigenvalue weighted by molar-refractivity contribution is 6.30. The van der Waals surface area contributed by atoms with Crippen molar-refractivity contribution in [2.45, 2.75) is 12.6 Å². The molecule has 1 amide bonds. The number of nitrogens with zero attached hydrogens (tertiary/aromatic N) is 3. The average molecular weight is 568 g/mol. The number of amides is 1. The lowest BCUT2D eigenvalue weighted by atomic mass is 9.97. The number of carbonyl (C=O) groups excluding carboxylic acids is 1. The molecule has 3 aromatic carbocycles. The number of hydrogen-bond acceptors (Lipinski definition) is 5. The number of pyridine rings is 1. The monoisotopic (exact) mass is 567 g/mol. The predicted molar refractivity (Wildman–Crippen MR) is 161 cm³/mol. The van der Waals surface area contributed by atoms with E-state index in [1.807, 2.05) is 77.8 Å². The Morgan fingerprint density at radius 1 is 0.902 bits per heavy atom. The summed E-state index contributed by atoms with van der Waals surface area (Å²) in [5, 5.41) is 2.53. The molecule has 7 nitrogen and oxygen atoms in total. The molecule has 2 heterocycles. The molecule has 0 fully saturated rings. The highest BCUT2D eigenvalue weighted by Crippen LogP contribution is 2.38. The van der Waals surface area contributed by atoms with Gasteiger partial charge in [0, 0.05) is 29.4 Å². The van der Waals surface area contributed by atoms with Gasteiger partial charge in [0.1, 0.15) is 31.7 Å². The number of ether oxygens (including phenoxy) is 2. The van der Waals surface area contributed by atoms with Gasteiger partial charge in [0.2, 0.25) is 5.43 Å². The van der Waals surface area contributed by atoms with Crippen LogP contribution in [0.2, 0.25) is 5.02 Å². The van der Waals surface area contributed by atoms with Gasteiger partial charge in [-0.1, -0.05) is 91.0 Å². The maximum Gasteiger partial charge on any atom is 0.278 e. The molecule has 1 aliphatic rings. The Morgan fingerprint density at radius 2 is 1.63 bits per heavy atom. The first-order valence-electron chi connectivity index (χ1n) is 13.2. The molecule has 1 aliphatic heterocycles. The second-order valence-electron chi connectivity index (χ2n) is 9.47. The number of carbonyl (C=O) groups is 1.